The molecule has 0 N–H and O–H groups in total. The number of piperidine rings is 1. The van der Waals surface area contributed by atoms with Gasteiger partial charge in [-0.1, -0.05) is 0 Å². The van der Waals surface area contributed by atoms with Crippen LogP contribution >= 0.6 is 0 Å². The number of hydrogen-bond donors (Lipinski definition) is 0. The van der Waals surface area contributed by atoms with Gasteiger partial charge in [-0.15, -0.1) is 0 Å². The van der Waals surface area contributed by atoms with E-state index in [0.717, 1.165) is 49.6 Å². The third kappa shape index (κ3) is 3.30. The maximum Gasteiger partial charge on any atom is 0.253 e. The van der Waals surface area contributed by atoms with Crippen molar-refractivity contribution in [1.82, 2.24) is 14.5 Å². The monoisotopic (exact) mass is 326 g/mol. The van der Waals surface area contributed by atoms with E-state index in [9.17, 15) is 4.79 Å². The molecule has 1 aliphatic heterocycles. The molecule has 1 aliphatic rings. The number of carbonyl (C=O) groups excluding carboxylic acids is 1. The molecule has 2 aromatic rings. The average Bonchev–Trinajstić information content (AvgIpc) is 3.10. The first-order valence-corrected chi connectivity index (χ1v) is 8.68. The van der Waals surface area contributed by atoms with Gasteiger partial charge in [-0.05, 0) is 44.0 Å². The predicted octanol–water partition coefficient (Wildman–Crippen LogP) is 2.99. The molecule has 0 radical (unpaired) electrons. The number of nitrogens with zero attached hydrogens (tertiary/aromatic N) is 4. The van der Waals surface area contributed by atoms with E-state index in [1.165, 1.54) is 0 Å². The molecule has 0 bridgehead atoms. The number of imidazole rings is 1. The predicted molar refractivity (Wildman–Crippen MR) is 96.5 cm³/mol. The summed E-state index contributed by atoms with van der Waals surface area (Å²) in [5.74, 6) is 1.57. The standard InChI is InChI=1S/C19H26N4O/c1-4-22-13-11-20-18(22)16-6-5-12-23(14-16)19(24)15-7-9-17(10-8-15)21(2)3/h7-11,13,16H,4-6,12,14H2,1-3H3/t16-/m0/s1. The number of benzene rings is 1. The zero-order chi connectivity index (χ0) is 17.1. The molecule has 0 saturated carbocycles. The topological polar surface area (TPSA) is 41.4 Å². The van der Waals surface area contributed by atoms with Gasteiger partial charge in [0.25, 0.3) is 5.91 Å². The quantitative estimate of drug-likeness (QED) is 0.867. The summed E-state index contributed by atoms with van der Waals surface area (Å²) in [7, 11) is 4.00. The van der Waals surface area contributed by atoms with Gasteiger partial charge in [0.15, 0.2) is 0 Å². The highest BCUT2D eigenvalue weighted by Gasteiger charge is 2.27. The molecule has 0 spiro atoms. The molecule has 3 rings (SSSR count). The van der Waals surface area contributed by atoms with Crippen molar-refractivity contribution in [2.75, 3.05) is 32.1 Å². The Balaban J connectivity index is 1.73. The molecule has 1 fully saturated rings. The molecule has 1 saturated heterocycles. The number of amides is 1. The van der Waals surface area contributed by atoms with Crippen LogP contribution in [0.5, 0.6) is 0 Å². The van der Waals surface area contributed by atoms with Crippen LogP contribution in [0.3, 0.4) is 0 Å². The number of aryl methyl sites for hydroxylation is 1. The third-order valence-corrected chi connectivity index (χ3v) is 4.79. The van der Waals surface area contributed by atoms with Crippen molar-refractivity contribution >= 4 is 11.6 Å². The molecular weight excluding hydrogens is 300 g/mol. The maximum absolute atomic E-state index is 12.8. The second-order valence-corrected chi connectivity index (χ2v) is 6.60. The molecule has 1 aromatic carbocycles. The fourth-order valence-electron chi connectivity index (χ4n) is 3.41. The second kappa shape index (κ2) is 7.07. The van der Waals surface area contributed by atoms with Gasteiger partial charge in [-0.2, -0.15) is 0 Å². The van der Waals surface area contributed by atoms with Crippen molar-refractivity contribution in [2.24, 2.45) is 0 Å². The van der Waals surface area contributed by atoms with Crippen molar-refractivity contribution in [2.45, 2.75) is 32.2 Å². The summed E-state index contributed by atoms with van der Waals surface area (Å²) in [4.78, 5) is 21.4. The van der Waals surface area contributed by atoms with E-state index < -0.39 is 0 Å². The molecule has 128 valence electrons. The highest BCUT2D eigenvalue weighted by Crippen LogP contribution is 2.27. The smallest absolute Gasteiger partial charge is 0.253 e. The number of rotatable bonds is 4. The van der Waals surface area contributed by atoms with E-state index in [4.69, 9.17) is 0 Å². The van der Waals surface area contributed by atoms with Crippen molar-refractivity contribution in [3.8, 4) is 0 Å². The van der Waals surface area contributed by atoms with Crippen molar-refractivity contribution in [3.63, 3.8) is 0 Å². The Hall–Kier alpha value is -2.30. The van der Waals surface area contributed by atoms with Gasteiger partial charge < -0.3 is 14.4 Å². The van der Waals surface area contributed by atoms with Crippen LogP contribution in [0.25, 0.3) is 0 Å². The molecule has 2 heterocycles. The lowest BCUT2D eigenvalue weighted by molar-refractivity contribution is 0.0703. The Labute approximate surface area is 143 Å². The highest BCUT2D eigenvalue weighted by molar-refractivity contribution is 5.94. The summed E-state index contributed by atoms with van der Waals surface area (Å²) in [5.41, 5.74) is 1.87. The minimum absolute atomic E-state index is 0.125. The second-order valence-electron chi connectivity index (χ2n) is 6.60. The normalized spacial score (nSPS) is 17.8. The van der Waals surface area contributed by atoms with Gasteiger partial charge in [0.2, 0.25) is 0 Å². The SMILES string of the molecule is CCn1ccnc1[C@H]1CCCN(C(=O)c2ccc(N(C)C)cc2)C1. The third-order valence-electron chi connectivity index (χ3n) is 4.79. The van der Waals surface area contributed by atoms with Gasteiger partial charge >= 0.3 is 0 Å². The van der Waals surface area contributed by atoms with Crippen molar-refractivity contribution in [3.05, 3.63) is 48.0 Å². The first-order chi connectivity index (χ1) is 11.6. The van der Waals surface area contributed by atoms with E-state index in [0.29, 0.717) is 5.92 Å². The summed E-state index contributed by atoms with van der Waals surface area (Å²) in [5, 5.41) is 0. The lowest BCUT2D eigenvalue weighted by Crippen LogP contribution is -2.39. The molecule has 5 nitrogen and oxygen atoms in total. The van der Waals surface area contributed by atoms with Crippen LogP contribution in [-0.2, 0) is 6.54 Å². The average molecular weight is 326 g/mol. The molecule has 0 unspecified atom stereocenters. The molecule has 1 amide bonds. The van der Waals surface area contributed by atoms with Crippen LogP contribution in [0, 0.1) is 0 Å². The summed E-state index contributed by atoms with van der Waals surface area (Å²) in [6.45, 7) is 4.64. The highest BCUT2D eigenvalue weighted by atomic mass is 16.2. The van der Waals surface area contributed by atoms with Gasteiger partial charge in [0.05, 0.1) is 0 Å². The van der Waals surface area contributed by atoms with Gasteiger partial charge in [0, 0.05) is 63.3 Å². The summed E-state index contributed by atoms with van der Waals surface area (Å²) >= 11 is 0. The minimum atomic E-state index is 0.125. The molecule has 1 atom stereocenters. The Morgan fingerprint density at radius 2 is 2.04 bits per heavy atom. The lowest BCUT2D eigenvalue weighted by Gasteiger charge is -2.32. The van der Waals surface area contributed by atoms with E-state index in [1.807, 2.05) is 60.6 Å². The van der Waals surface area contributed by atoms with Crippen molar-refractivity contribution < 1.29 is 4.79 Å². The van der Waals surface area contributed by atoms with E-state index in [-0.39, 0.29) is 5.91 Å². The van der Waals surface area contributed by atoms with Crippen LogP contribution in [-0.4, -0.2) is 47.5 Å². The summed E-state index contributed by atoms with van der Waals surface area (Å²) in [6.07, 6.45) is 6.01. The zero-order valence-electron chi connectivity index (χ0n) is 14.8. The first kappa shape index (κ1) is 16.6. The lowest BCUT2D eigenvalue weighted by atomic mass is 9.96. The first-order valence-electron chi connectivity index (χ1n) is 8.68. The van der Waals surface area contributed by atoms with Crippen LogP contribution in [0.2, 0.25) is 0 Å². The maximum atomic E-state index is 12.8. The van der Waals surface area contributed by atoms with Gasteiger partial charge in [0.1, 0.15) is 5.82 Å². The van der Waals surface area contributed by atoms with Gasteiger partial charge in [-0.25, -0.2) is 4.98 Å². The fourth-order valence-corrected chi connectivity index (χ4v) is 3.41. The number of likely N-dealkylation sites (tertiary alicyclic amines) is 1. The Morgan fingerprint density at radius 1 is 1.29 bits per heavy atom. The fraction of sp³-hybridized carbons (Fsp3) is 0.474. The number of aromatic nitrogens is 2. The summed E-state index contributed by atoms with van der Waals surface area (Å²) in [6, 6.07) is 7.85. The Bertz CT molecular complexity index is 690. The molecule has 5 heteroatoms. The van der Waals surface area contributed by atoms with Crippen LogP contribution in [0.4, 0.5) is 5.69 Å². The Morgan fingerprint density at radius 3 is 2.71 bits per heavy atom. The van der Waals surface area contributed by atoms with Crippen LogP contribution in [0.15, 0.2) is 36.7 Å². The molecule has 24 heavy (non-hydrogen) atoms. The zero-order valence-corrected chi connectivity index (χ0v) is 14.8. The van der Waals surface area contributed by atoms with E-state index in [2.05, 4.69) is 16.5 Å². The van der Waals surface area contributed by atoms with E-state index >= 15 is 0 Å². The van der Waals surface area contributed by atoms with Gasteiger partial charge in [-0.3, -0.25) is 4.79 Å². The van der Waals surface area contributed by atoms with Crippen LogP contribution < -0.4 is 4.90 Å². The largest absolute Gasteiger partial charge is 0.378 e. The number of hydrogen-bond acceptors (Lipinski definition) is 3. The minimum Gasteiger partial charge on any atom is -0.378 e. The number of carbonyl (C=O) groups is 1. The summed E-state index contributed by atoms with van der Waals surface area (Å²) < 4.78 is 2.19. The Kier molecular flexibility index (Phi) is 4.88. The van der Waals surface area contributed by atoms with Crippen LogP contribution in [0.1, 0.15) is 41.9 Å². The molecular formula is C19H26N4O. The van der Waals surface area contributed by atoms with Crippen molar-refractivity contribution in [1.29, 1.82) is 0 Å². The number of anilines is 1. The molecule has 1 aromatic heterocycles. The van der Waals surface area contributed by atoms with E-state index in [1.54, 1.807) is 0 Å². The molecule has 0 aliphatic carbocycles.